The van der Waals surface area contributed by atoms with Gasteiger partial charge in [-0.15, -0.1) is 0 Å². The van der Waals surface area contributed by atoms with E-state index in [0.29, 0.717) is 0 Å². The molecule has 0 radical (unpaired) electrons. The molecule has 0 unspecified atom stereocenters. The Labute approximate surface area is 142 Å². The van der Waals surface area contributed by atoms with Crippen LogP contribution in [0.4, 0.5) is 5.69 Å². The first kappa shape index (κ1) is 19.7. The quantitative estimate of drug-likeness (QED) is 0.250. The third-order valence-corrected chi connectivity index (χ3v) is 20.6. The summed E-state index contributed by atoms with van der Waals surface area (Å²) in [6, 6.07) is 9.48. The van der Waals surface area contributed by atoms with Crippen LogP contribution >= 0.6 is 0 Å². The molecule has 0 aliphatic heterocycles. The van der Waals surface area contributed by atoms with Gasteiger partial charge in [0.05, 0.1) is 0 Å². The fraction of sp³-hybridized carbons (Fsp3) is 0.650. The van der Waals surface area contributed by atoms with Crippen molar-refractivity contribution in [3.05, 3.63) is 24.3 Å². The van der Waals surface area contributed by atoms with E-state index in [4.69, 9.17) is 0 Å². The van der Waals surface area contributed by atoms with Crippen molar-refractivity contribution in [2.75, 3.05) is 7.05 Å². The Morgan fingerprint density at radius 2 is 1.23 bits per heavy atom. The summed E-state index contributed by atoms with van der Waals surface area (Å²) in [5.41, 5.74) is 1.23. The van der Waals surface area contributed by atoms with Gasteiger partial charge in [-0.3, -0.25) is 0 Å². The third-order valence-electron chi connectivity index (χ3n) is 4.95. The summed E-state index contributed by atoms with van der Waals surface area (Å²) in [7, 11) is 2.02. The van der Waals surface area contributed by atoms with Gasteiger partial charge in [0.15, 0.2) is 0 Å². The van der Waals surface area contributed by atoms with Crippen molar-refractivity contribution in [3.8, 4) is 0 Å². The maximum absolute atomic E-state index is 4.00. The summed E-state index contributed by atoms with van der Waals surface area (Å²) >= 11 is -2.21. The van der Waals surface area contributed by atoms with Crippen molar-refractivity contribution in [2.45, 2.75) is 72.6 Å². The normalized spacial score (nSPS) is 11.6. The Balaban J connectivity index is 3.09. The second kappa shape index (κ2) is 10.5. The summed E-state index contributed by atoms with van der Waals surface area (Å²) in [6.45, 7) is 11.0. The predicted molar refractivity (Wildman–Crippen MR) is 104 cm³/mol. The van der Waals surface area contributed by atoms with Crippen LogP contribution in [0.1, 0.15) is 59.3 Å². The van der Waals surface area contributed by atoms with Crippen LogP contribution in [0.5, 0.6) is 0 Å². The van der Waals surface area contributed by atoms with Gasteiger partial charge in [0.1, 0.15) is 0 Å². The number of benzene rings is 1. The third kappa shape index (κ3) is 5.71. The molecule has 0 saturated carbocycles. The Bertz CT molecular complexity index is 414. The van der Waals surface area contributed by atoms with Crippen LogP contribution in [0.25, 0.3) is 0 Å². The molecule has 0 saturated heterocycles. The van der Waals surface area contributed by atoms with Crippen molar-refractivity contribution < 1.29 is 4.58 Å². The molecule has 0 heterocycles. The van der Waals surface area contributed by atoms with E-state index in [1.54, 1.807) is 16.9 Å². The van der Waals surface area contributed by atoms with E-state index < -0.39 is 18.4 Å². The fourth-order valence-electron chi connectivity index (χ4n) is 3.42. The van der Waals surface area contributed by atoms with Crippen molar-refractivity contribution in [3.63, 3.8) is 0 Å². The molecule has 1 nitrogen and oxygen atoms in total. The molecule has 0 N–H and O–H groups in total. The Kier molecular flexibility index (Phi) is 9.38. The standard InChI is InChI=1S/C8H9N.3C4H9.Sn/c1-9(2)8-6-4-3-5-7-8;3*1-3-4-2;/h4-7H,1H2,2H3;3*1,3-4H2,2H3;/q+1;;;;. The zero-order valence-electron chi connectivity index (χ0n) is 15.3. The van der Waals surface area contributed by atoms with Crippen LogP contribution in [0.2, 0.25) is 13.3 Å². The van der Waals surface area contributed by atoms with E-state index >= 15 is 0 Å². The number of nitrogens with zero attached hydrogens (tertiary/aromatic N) is 1. The number of hydrogen-bond acceptors (Lipinski definition) is 0. The van der Waals surface area contributed by atoms with Crippen LogP contribution in [-0.2, 0) is 0 Å². The van der Waals surface area contributed by atoms with E-state index in [1.807, 2.05) is 11.6 Å². The topological polar surface area (TPSA) is 3.01 Å². The zero-order valence-corrected chi connectivity index (χ0v) is 18.2. The minimum absolute atomic E-state index is 1.23. The molecular formula is C20H36NSn+. The van der Waals surface area contributed by atoms with Crippen LogP contribution in [0.3, 0.4) is 0 Å². The molecule has 2 heteroatoms. The molecule has 1 aromatic carbocycles. The van der Waals surface area contributed by atoms with Gasteiger partial charge in [0.2, 0.25) is 0 Å². The summed E-state index contributed by atoms with van der Waals surface area (Å²) in [5.74, 6) is 0. The molecule has 0 aromatic heterocycles. The van der Waals surface area contributed by atoms with Gasteiger partial charge >= 0.3 is 143 Å². The molecule has 124 valence electrons. The Morgan fingerprint density at radius 3 is 1.55 bits per heavy atom. The minimum atomic E-state index is -2.21. The molecule has 1 rings (SSSR count). The predicted octanol–water partition coefficient (Wildman–Crippen LogP) is 5.72. The average Bonchev–Trinajstić information content (AvgIpc) is 2.54. The van der Waals surface area contributed by atoms with Crippen LogP contribution in [0.15, 0.2) is 24.3 Å². The average molecular weight is 409 g/mol. The summed E-state index contributed by atoms with van der Waals surface area (Å²) < 4.78 is 8.36. The van der Waals surface area contributed by atoms with Crippen molar-refractivity contribution >= 4 is 34.4 Å². The van der Waals surface area contributed by atoms with E-state index in [1.165, 1.54) is 44.2 Å². The molecule has 0 atom stereocenters. The van der Waals surface area contributed by atoms with Gasteiger partial charge in [-0.05, 0) is 0 Å². The number of rotatable bonds is 11. The second-order valence-electron chi connectivity index (χ2n) is 6.84. The summed E-state index contributed by atoms with van der Waals surface area (Å²) in [6.07, 6.45) is 8.32. The molecule has 0 bridgehead atoms. The maximum atomic E-state index is 4.00. The van der Waals surface area contributed by atoms with Crippen molar-refractivity contribution in [1.29, 1.82) is 0 Å². The summed E-state index contributed by atoms with van der Waals surface area (Å²) in [5, 5.41) is 0. The van der Waals surface area contributed by atoms with Crippen LogP contribution < -0.4 is 3.58 Å². The van der Waals surface area contributed by atoms with Gasteiger partial charge in [-0.25, -0.2) is 0 Å². The van der Waals surface area contributed by atoms with E-state index in [0.717, 1.165) is 0 Å². The Hall–Kier alpha value is -0.311. The van der Waals surface area contributed by atoms with Crippen LogP contribution in [-0.4, -0.2) is 36.7 Å². The molecule has 0 fully saturated rings. The van der Waals surface area contributed by atoms with Crippen LogP contribution in [0, 0.1) is 0 Å². The molecule has 22 heavy (non-hydrogen) atoms. The Morgan fingerprint density at radius 1 is 0.818 bits per heavy atom. The SMILES string of the molecule is C=[N+](C)c1cc[c]([Sn]([CH2]CCC)([CH2]CCC)[CH2]CCC)cc1. The van der Waals surface area contributed by atoms with E-state index in [9.17, 15) is 0 Å². The first-order valence-electron chi connectivity index (χ1n) is 9.24. The van der Waals surface area contributed by atoms with Gasteiger partial charge in [0.25, 0.3) is 0 Å². The molecule has 0 aliphatic rings. The number of hydrogen-bond donors (Lipinski definition) is 0. The van der Waals surface area contributed by atoms with Gasteiger partial charge in [-0.2, -0.15) is 0 Å². The summed E-state index contributed by atoms with van der Waals surface area (Å²) in [4.78, 5) is 0. The fourth-order valence-corrected chi connectivity index (χ4v) is 19.4. The van der Waals surface area contributed by atoms with Gasteiger partial charge < -0.3 is 0 Å². The monoisotopic (exact) mass is 410 g/mol. The van der Waals surface area contributed by atoms with Gasteiger partial charge in [0, 0.05) is 0 Å². The first-order chi connectivity index (χ1) is 10.6. The van der Waals surface area contributed by atoms with Crippen molar-refractivity contribution in [2.24, 2.45) is 0 Å². The molecule has 0 aliphatic carbocycles. The molecule has 1 aromatic rings. The van der Waals surface area contributed by atoms with Crippen molar-refractivity contribution in [1.82, 2.24) is 0 Å². The number of unbranched alkanes of at least 4 members (excludes halogenated alkanes) is 3. The second-order valence-corrected chi connectivity index (χ2v) is 20.1. The van der Waals surface area contributed by atoms with E-state index in [2.05, 4.69) is 51.8 Å². The van der Waals surface area contributed by atoms with Gasteiger partial charge in [-0.1, -0.05) is 0 Å². The zero-order chi connectivity index (χ0) is 16.4. The molecule has 0 amide bonds. The first-order valence-corrected chi connectivity index (χ1v) is 16.7. The molecular weight excluding hydrogens is 373 g/mol. The van der Waals surface area contributed by atoms with E-state index in [-0.39, 0.29) is 0 Å². The molecule has 0 spiro atoms.